The van der Waals surface area contributed by atoms with Gasteiger partial charge in [0.15, 0.2) is 11.9 Å². The van der Waals surface area contributed by atoms with E-state index in [1.54, 1.807) is 0 Å². The summed E-state index contributed by atoms with van der Waals surface area (Å²) in [6, 6.07) is 0.0600. The minimum atomic E-state index is -0.310. The zero-order valence-corrected chi connectivity index (χ0v) is 7.78. The van der Waals surface area contributed by atoms with Gasteiger partial charge in [0, 0.05) is 7.05 Å². The molecule has 0 radical (unpaired) electrons. The summed E-state index contributed by atoms with van der Waals surface area (Å²) in [5.74, 6) is 0.986. The van der Waals surface area contributed by atoms with Crippen LogP contribution in [0.5, 0.6) is 0 Å². The third-order valence-corrected chi connectivity index (χ3v) is 2.79. The molecule has 0 fully saturated rings. The van der Waals surface area contributed by atoms with Crippen molar-refractivity contribution in [3.8, 4) is 0 Å². The Kier molecular flexibility index (Phi) is 1.43. The van der Waals surface area contributed by atoms with Gasteiger partial charge in [0.05, 0.1) is 6.54 Å². The Labute approximate surface area is 76.7 Å². The molecule has 0 aromatic carbocycles. The third-order valence-electron chi connectivity index (χ3n) is 2.79. The molecule has 0 bridgehead atoms. The van der Waals surface area contributed by atoms with Crippen LogP contribution in [0.4, 0.5) is 0 Å². The maximum atomic E-state index is 5.71. The van der Waals surface area contributed by atoms with Crippen molar-refractivity contribution in [3.63, 3.8) is 0 Å². The predicted molar refractivity (Wildman–Crippen MR) is 51.2 cm³/mol. The molecule has 0 saturated carbocycles. The summed E-state index contributed by atoms with van der Waals surface area (Å²) in [6.07, 6.45) is 0. The third kappa shape index (κ3) is 0.944. The normalized spacial score (nSPS) is 37.7. The van der Waals surface area contributed by atoms with E-state index in [1.165, 1.54) is 0 Å². The summed E-state index contributed by atoms with van der Waals surface area (Å²) in [5.41, 5.74) is 11.0. The van der Waals surface area contributed by atoms with Gasteiger partial charge in [-0.15, -0.1) is 0 Å². The first kappa shape index (κ1) is 8.15. The number of hydrogen-bond donors (Lipinski definition) is 3. The maximum absolute atomic E-state index is 5.71. The molecule has 5 N–H and O–H groups in total. The Morgan fingerprint density at radius 3 is 3.00 bits per heavy atom. The van der Waals surface area contributed by atoms with Crippen molar-refractivity contribution >= 4 is 11.9 Å². The number of nitrogens with two attached hydrogens (primary N) is 2. The lowest BCUT2D eigenvalue weighted by Crippen LogP contribution is -2.66. The molecule has 0 amide bonds. The molecular weight excluding hydrogens is 168 g/mol. The van der Waals surface area contributed by atoms with E-state index in [0.29, 0.717) is 18.5 Å². The first-order valence-corrected chi connectivity index (χ1v) is 4.19. The van der Waals surface area contributed by atoms with Gasteiger partial charge in [-0.1, -0.05) is 0 Å². The highest BCUT2D eigenvalue weighted by Gasteiger charge is 2.46. The van der Waals surface area contributed by atoms with E-state index in [2.05, 4.69) is 15.3 Å². The molecular formula is C7H14N6. The highest BCUT2D eigenvalue weighted by Crippen LogP contribution is 2.25. The fourth-order valence-electron chi connectivity index (χ4n) is 1.72. The van der Waals surface area contributed by atoms with E-state index in [1.807, 2.05) is 18.9 Å². The molecule has 2 atom stereocenters. The number of aliphatic imine (C=N–C) groups is 2. The number of fused-ring (bicyclic) bond motifs is 1. The molecule has 2 heterocycles. The van der Waals surface area contributed by atoms with Crippen molar-refractivity contribution in [2.24, 2.45) is 21.5 Å². The van der Waals surface area contributed by atoms with Crippen molar-refractivity contribution in [2.45, 2.75) is 18.6 Å². The van der Waals surface area contributed by atoms with Crippen molar-refractivity contribution in [1.29, 1.82) is 0 Å². The van der Waals surface area contributed by atoms with Gasteiger partial charge in [0.2, 0.25) is 0 Å². The van der Waals surface area contributed by atoms with Gasteiger partial charge in [0.25, 0.3) is 0 Å². The van der Waals surface area contributed by atoms with Crippen LogP contribution in [0.2, 0.25) is 0 Å². The molecule has 6 nitrogen and oxygen atoms in total. The van der Waals surface area contributed by atoms with Crippen LogP contribution in [0.25, 0.3) is 0 Å². The van der Waals surface area contributed by atoms with E-state index in [-0.39, 0.29) is 11.7 Å². The van der Waals surface area contributed by atoms with Gasteiger partial charge in [-0.05, 0) is 6.92 Å². The fourth-order valence-corrected chi connectivity index (χ4v) is 1.72. The van der Waals surface area contributed by atoms with Crippen molar-refractivity contribution in [1.82, 2.24) is 10.2 Å². The number of likely N-dealkylation sites (N-methyl/N-ethyl adjacent to an activating group) is 1. The summed E-state index contributed by atoms with van der Waals surface area (Å²) in [6.45, 7) is 2.61. The summed E-state index contributed by atoms with van der Waals surface area (Å²) < 4.78 is 0. The van der Waals surface area contributed by atoms with Crippen LogP contribution >= 0.6 is 0 Å². The zero-order valence-electron chi connectivity index (χ0n) is 7.78. The maximum Gasteiger partial charge on any atom is 0.193 e. The minimum absolute atomic E-state index is 0.0600. The summed E-state index contributed by atoms with van der Waals surface area (Å²) >= 11 is 0. The fraction of sp³-hybridized carbons (Fsp3) is 0.714. The van der Waals surface area contributed by atoms with Crippen LogP contribution in [0, 0.1) is 0 Å². The van der Waals surface area contributed by atoms with Crippen LogP contribution in [0.15, 0.2) is 9.98 Å². The van der Waals surface area contributed by atoms with Gasteiger partial charge >= 0.3 is 0 Å². The number of guanidine groups is 2. The van der Waals surface area contributed by atoms with Crippen LogP contribution in [-0.2, 0) is 0 Å². The quantitative estimate of drug-likeness (QED) is 0.414. The van der Waals surface area contributed by atoms with Crippen LogP contribution in [-0.4, -0.2) is 42.1 Å². The molecule has 2 aliphatic heterocycles. The molecule has 2 rings (SSSR count). The lowest BCUT2D eigenvalue weighted by Gasteiger charge is -2.42. The van der Waals surface area contributed by atoms with Gasteiger partial charge in [-0.3, -0.25) is 4.99 Å². The van der Waals surface area contributed by atoms with Crippen LogP contribution in [0.3, 0.4) is 0 Å². The Balaban J connectivity index is 2.34. The van der Waals surface area contributed by atoms with Crippen molar-refractivity contribution in [3.05, 3.63) is 0 Å². The monoisotopic (exact) mass is 182 g/mol. The minimum Gasteiger partial charge on any atom is -0.370 e. The van der Waals surface area contributed by atoms with E-state index in [0.717, 1.165) is 0 Å². The number of rotatable bonds is 0. The number of nitrogens with one attached hydrogen (secondary N) is 1. The molecule has 0 spiro atoms. The average molecular weight is 182 g/mol. The number of nitrogens with zero attached hydrogens (tertiary/aromatic N) is 3. The van der Waals surface area contributed by atoms with E-state index in [4.69, 9.17) is 11.5 Å². The largest absolute Gasteiger partial charge is 0.370 e. The van der Waals surface area contributed by atoms with E-state index < -0.39 is 0 Å². The van der Waals surface area contributed by atoms with Gasteiger partial charge in [0.1, 0.15) is 11.7 Å². The Morgan fingerprint density at radius 2 is 2.31 bits per heavy atom. The Bertz CT molecular complexity index is 295. The number of hydrogen-bond acceptors (Lipinski definition) is 6. The highest BCUT2D eigenvalue weighted by molar-refractivity contribution is 5.85. The highest BCUT2D eigenvalue weighted by atomic mass is 15.5. The molecule has 0 aromatic rings. The average Bonchev–Trinajstić information content (AvgIpc) is 2.36. The molecule has 2 aliphatic rings. The predicted octanol–water partition coefficient (Wildman–Crippen LogP) is -1.75. The lowest BCUT2D eigenvalue weighted by molar-refractivity contribution is 0.169. The summed E-state index contributed by atoms with van der Waals surface area (Å²) in [7, 11) is 1.88. The van der Waals surface area contributed by atoms with E-state index in [9.17, 15) is 0 Å². The topological polar surface area (TPSA) is 92.0 Å². The summed E-state index contributed by atoms with van der Waals surface area (Å²) in [4.78, 5) is 10.3. The van der Waals surface area contributed by atoms with Crippen molar-refractivity contribution < 1.29 is 0 Å². The second kappa shape index (κ2) is 2.27. The van der Waals surface area contributed by atoms with Crippen molar-refractivity contribution in [2.75, 3.05) is 13.6 Å². The standard InChI is InChI=1S/C7H14N6/c1-7-4(11-5(8)12-7)3-10-6(9)13(7)2/h4H,3H2,1-2H3,(H2,9,10)(H3,8,11,12). The molecule has 13 heavy (non-hydrogen) atoms. The molecule has 6 heteroatoms. The smallest absolute Gasteiger partial charge is 0.193 e. The Morgan fingerprint density at radius 1 is 1.62 bits per heavy atom. The molecule has 0 aliphatic carbocycles. The first-order valence-electron chi connectivity index (χ1n) is 4.19. The molecule has 72 valence electrons. The molecule has 0 aromatic heterocycles. The zero-order chi connectivity index (χ0) is 9.64. The molecule has 0 saturated heterocycles. The van der Waals surface area contributed by atoms with Crippen LogP contribution < -0.4 is 16.8 Å². The SMILES string of the molecule is CN1C(N)=NCC2N=C(N)NC21C. The van der Waals surface area contributed by atoms with Crippen LogP contribution in [0.1, 0.15) is 6.92 Å². The van der Waals surface area contributed by atoms with Gasteiger partial charge in [-0.2, -0.15) is 0 Å². The lowest BCUT2D eigenvalue weighted by atomic mass is 10.0. The molecule has 2 unspecified atom stereocenters. The first-order chi connectivity index (χ1) is 6.04. The second-order valence-corrected chi connectivity index (χ2v) is 3.56. The van der Waals surface area contributed by atoms with Gasteiger partial charge in [-0.25, -0.2) is 4.99 Å². The second-order valence-electron chi connectivity index (χ2n) is 3.56. The Hall–Kier alpha value is -1.46. The van der Waals surface area contributed by atoms with Gasteiger partial charge < -0.3 is 21.7 Å². The van der Waals surface area contributed by atoms with E-state index >= 15 is 0 Å². The summed E-state index contributed by atoms with van der Waals surface area (Å²) in [5, 5.41) is 3.11.